The summed E-state index contributed by atoms with van der Waals surface area (Å²) in [6.45, 7) is 4.06. The van der Waals surface area contributed by atoms with Gasteiger partial charge < -0.3 is 15.2 Å². The van der Waals surface area contributed by atoms with Crippen molar-refractivity contribution in [1.29, 1.82) is 0 Å². The Morgan fingerprint density at radius 1 is 1.19 bits per heavy atom. The zero-order chi connectivity index (χ0) is 11.8. The molecule has 2 N–H and O–H groups in total. The van der Waals surface area contributed by atoms with Gasteiger partial charge in [0, 0.05) is 24.3 Å². The molecule has 0 bridgehead atoms. The van der Waals surface area contributed by atoms with Gasteiger partial charge in [-0.25, -0.2) is 4.39 Å². The molecular weight excluding hydrogens is 209 g/mol. The van der Waals surface area contributed by atoms with Gasteiger partial charge in [-0.1, -0.05) is 18.2 Å². The van der Waals surface area contributed by atoms with Crippen LogP contribution in [0.25, 0.3) is 0 Å². The van der Waals surface area contributed by atoms with Crippen molar-refractivity contribution in [3.8, 4) is 0 Å². The van der Waals surface area contributed by atoms with Crippen molar-refractivity contribution in [1.82, 2.24) is 0 Å². The van der Waals surface area contributed by atoms with Crippen LogP contribution in [-0.4, -0.2) is 19.8 Å². The Morgan fingerprint density at radius 2 is 1.88 bits per heavy atom. The highest BCUT2D eigenvalue weighted by Crippen LogP contribution is 2.13. The van der Waals surface area contributed by atoms with E-state index in [0.717, 1.165) is 0 Å². The minimum absolute atomic E-state index is 0.207. The average Bonchev–Trinajstić information content (AvgIpc) is 2.31. The quantitative estimate of drug-likeness (QED) is 0.723. The Balaban J connectivity index is 2.41. The maximum absolute atomic E-state index is 13.7. The number of hydrogen-bond donors (Lipinski definition) is 1. The Hall–Kier alpha value is -0.970. The van der Waals surface area contributed by atoms with E-state index in [-0.39, 0.29) is 19.0 Å². The van der Waals surface area contributed by atoms with Crippen LogP contribution in [0.4, 0.5) is 4.39 Å². The molecule has 0 spiro atoms. The molecule has 0 aromatic heterocycles. The number of ether oxygens (including phenoxy) is 2. The second-order valence-corrected chi connectivity index (χ2v) is 3.34. The second kappa shape index (κ2) is 7.33. The van der Waals surface area contributed by atoms with Crippen molar-refractivity contribution in [3.05, 3.63) is 35.1 Å². The van der Waals surface area contributed by atoms with Crippen molar-refractivity contribution < 1.29 is 13.9 Å². The summed E-state index contributed by atoms with van der Waals surface area (Å²) in [5, 5.41) is 0. The Kier molecular flexibility index (Phi) is 6.00. The molecule has 1 aromatic carbocycles. The van der Waals surface area contributed by atoms with Crippen LogP contribution in [0.5, 0.6) is 0 Å². The number of halogens is 1. The third-order valence-corrected chi connectivity index (χ3v) is 2.21. The number of nitrogens with two attached hydrogens (primary N) is 1. The van der Waals surface area contributed by atoms with Gasteiger partial charge in [0.1, 0.15) is 5.82 Å². The maximum atomic E-state index is 13.7. The molecule has 0 saturated heterocycles. The van der Waals surface area contributed by atoms with Gasteiger partial charge in [-0.2, -0.15) is 0 Å². The third-order valence-electron chi connectivity index (χ3n) is 2.21. The Labute approximate surface area is 95.4 Å². The molecule has 0 radical (unpaired) electrons. The second-order valence-electron chi connectivity index (χ2n) is 3.34. The van der Waals surface area contributed by atoms with Crippen LogP contribution in [0.2, 0.25) is 0 Å². The monoisotopic (exact) mass is 227 g/mol. The average molecular weight is 227 g/mol. The molecule has 0 saturated carbocycles. The highest BCUT2D eigenvalue weighted by atomic mass is 19.1. The lowest BCUT2D eigenvalue weighted by Crippen LogP contribution is -2.07. The largest absolute Gasteiger partial charge is 0.379 e. The first kappa shape index (κ1) is 13.1. The first-order valence-electron chi connectivity index (χ1n) is 5.41. The van der Waals surface area contributed by atoms with Crippen LogP contribution in [0.1, 0.15) is 18.1 Å². The SMILES string of the molecule is CCOCCOCc1cccc(CN)c1F. The van der Waals surface area contributed by atoms with E-state index >= 15 is 0 Å². The molecule has 0 unspecified atom stereocenters. The summed E-state index contributed by atoms with van der Waals surface area (Å²) < 4.78 is 24.1. The molecule has 3 nitrogen and oxygen atoms in total. The summed E-state index contributed by atoms with van der Waals surface area (Å²) in [5.41, 5.74) is 6.47. The van der Waals surface area contributed by atoms with Gasteiger partial charge in [-0.15, -0.1) is 0 Å². The molecule has 0 amide bonds. The molecule has 16 heavy (non-hydrogen) atoms. The van der Waals surface area contributed by atoms with E-state index in [1.165, 1.54) is 0 Å². The van der Waals surface area contributed by atoms with Gasteiger partial charge in [-0.3, -0.25) is 0 Å². The molecule has 0 aliphatic heterocycles. The first-order chi connectivity index (χ1) is 7.79. The summed E-state index contributed by atoms with van der Waals surface area (Å²) >= 11 is 0. The molecule has 0 heterocycles. The van der Waals surface area contributed by atoms with Crippen LogP contribution in [0.3, 0.4) is 0 Å². The molecule has 0 atom stereocenters. The topological polar surface area (TPSA) is 44.5 Å². The molecule has 0 aliphatic carbocycles. The van der Waals surface area contributed by atoms with Crippen molar-refractivity contribution in [3.63, 3.8) is 0 Å². The van der Waals surface area contributed by atoms with Crippen molar-refractivity contribution in [2.24, 2.45) is 5.73 Å². The molecule has 90 valence electrons. The number of rotatable bonds is 7. The summed E-state index contributed by atoms with van der Waals surface area (Å²) in [5.74, 6) is -0.263. The highest BCUT2D eigenvalue weighted by Gasteiger charge is 2.06. The van der Waals surface area contributed by atoms with Crippen LogP contribution in [0.15, 0.2) is 18.2 Å². The molecule has 1 rings (SSSR count). The van der Waals surface area contributed by atoms with E-state index in [1.807, 2.05) is 6.92 Å². The number of hydrogen-bond acceptors (Lipinski definition) is 3. The zero-order valence-electron chi connectivity index (χ0n) is 9.54. The molecular formula is C12H18FNO2. The summed E-state index contributed by atoms with van der Waals surface area (Å²) in [7, 11) is 0. The fourth-order valence-corrected chi connectivity index (χ4v) is 1.35. The van der Waals surface area contributed by atoms with Gasteiger partial charge in [0.15, 0.2) is 0 Å². The molecule has 0 aliphatic rings. The number of benzene rings is 1. The van der Waals surface area contributed by atoms with Crippen LogP contribution >= 0.6 is 0 Å². The first-order valence-corrected chi connectivity index (χ1v) is 5.41. The normalized spacial score (nSPS) is 10.7. The summed E-state index contributed by atoms with van der Waals surface area (Å²) in [4.78, 5) is 0. The molecule has 1 aromatic rings. The molecule has 4 heteroatoms. The smallest absolute Gasteiger partial charge is 0.133 e. The predicted octanol–water partition coefficient (Wildman–Crippen LogP) is 1.84. The van der Waals surface area contributed by atoms with Gasteiger partial charge in [0.05, 0.1) is 19.8 Å². The van der Waals surface area contributed by atoms with E-state index in [0.29, 0.717) is 30.9 Å². The third kappa shape index (κ3) is 3.89. The van der Waals surface area contributed by atoms with Gasteiger partial charge in [-0.05, 0) is 6.92 Å². The van der Waals surface area contributed by atoms with Crippen LogP contribution < -0.4 is 5.73 Å². The van der Waals surface area contributed by atoms with E-state index in [2.05, 4.69) is 0 Å². The van der Waals surface area contributed by atoms with Gasteiger partial charge in [0.2, 0.25) is 0 Å². The lowest BCUT2D eigenvalue weighted by Gasteiger charge is -2.08. The standard InChI is InChI=1S/C12H18FNO2/c1-2-15-6-7-16-9-11-5-3-4-10(8-14)12(11)13/h3-5H,2,6-9,14H2,1H3. The van der Waals surface area contributed by atoms with E-state index in [1.54, 1.807) is 18.2 Å². The minimum Gasteiger partial charge on any atom is -0.379 e. The van der Waals surface area contributed by atoms with E-state index in [4.69, 9.17) is 15.2 Å². The summed E-state index contributed by atoms with van der Waals surface area (Å²) in [6.07, 6.45) is 0. The summed E-state index contributed by atoms with van der Waals surface area (Å²) in [6, 6.07) is 5.17. The van der Waals surface area contributed by atoms with E-state index in [9.17, 15) is 4.39 Å². The van der Waals surface area contributed by atoms with Crippen molar-refractivity contribution in [2.45, 2.75) is 20.1 Å². The van der Waals surface area contributed by atoms with Crippen molar-refractivity contribution in [2.75, 3.05) is 19.8 Å². The fourth-order valence-electron chi connectivity index (χ4n) is 1.35. The molecule has 0 fully saturated rings. The van der Waals surface area contributed by atoms with Crippen LogP contribution in [-0.2, 0) is 22.6 Å². The minimum atomic E-state index is -0.263. The Morgan fingerprint density at radius 3 is 2.56 bits per heavy atom. The Bertz CT molecular complexity index is 318. The van der Waals surface area contributed by atoms with Crippen molar-refractivity contribution >= 4 is 0 Å². The highest BCUT2D eigenvalue weighted by molar-refractivity contribution is 5.25. The lowest BCUT2D eigenvalue weighted by atomic mass is 10.1. The maximum Gasteiger partial charge on any atom is 0.133 e. The fraction of sp³-hybridized carbons (Fsp3) is 0.500. The van der Waals surface area contributed by atoms with Gasteiger partial charge in [0.25, 0.3) is 0 Å². The van der Waals surface area contributed by atoms with E-state index < -0.39 is 0 Å². The lowest BCUT2D eigenvalue weighted by molar-refractivity contribution is 0.0442. The predicted molar refractivity (Wildman–Crippen MR) is 60.4 cm³/mol. The van der Waals surface area contributed by atoms with Gasteiger partial charge >= 0.3 is 0 Å². The van der Waals surface area contributed by atoms with Crippen LogP contribution in [0, 0.1) is 5.82 Å². The zero-order valence-corrected chi connectivity index (χ0v) is 9.54.